The minimum atomic E-state index is -0.0417. The highest BCUT2D eigenvalue weighted by atomic mass is 79.9. The molecule has 2 nitrogen and oxygen atoms in total. The predicted octanol–water partition coefficient (Wildman–Crippen LogP) is 2.42. The molecule has 12 heavy (non-hydrogen) atoms. The normalized spacial score (nSPS) is 12.5. The standard InChI is InChI=1S/C9H11BrN2/c1-2-3-8(11)9-6-7(10)4-5-12-9/h2,4-6,8H,1,3,11H2/t8-/m1/s1. The first-order valence-corrected chi connectivity index (χ1v) is 4.51. The Labute approximate surface area is 80.6 Å². The van der Waals surface area contributed by atoms with Crippen molar-refractivity contribution in [2.75, 3.05) is 0 Å². The number of pyridine rings is 1. The largest absolute Gasteiger partial charge is 0.322 e. The summed E-state index contributed by atoms with van der Waals surface area (Å²) in [6.07, 6.45) is 4.29. The second-order valence-corrected chi connectivity index (χ2v) is 3.45. The number of aromatic nitrogens is 1. The zero-order valence-corrected chi connectivity index (χ0v) is 8.29. The van der Waals surface area contributed by atoms with E-state index in [1.54, 1.807) is 12.3 Å². The summed E-state index contributed by atoms with van der Waals surface area (Å²) >= 11 is 3.36. The molecule has 0 saturated carbocycles. The number of hydrogen-bond acceptors (Lipinski definition) is 2. The molecule has 1 atom stereocenters. The second-order valence-electron chi connectivity index (χ2n) is 2.53. The van der Waals surface area contributed by atoms with Crippen LogP contribution in [0.25, 0.3) is 0 Å². The molecule has 0 bridgehead atoms. The minimum Gasteiger partial charge on any atom is -0.322 e. The lowest BCUT2D eigenvalue weighted by atomic mass is 10.1. The summed E-state index contributed by atoms with van der Waals surface area (Å²) in [6, 6.07) is 3.76. The van der Waals surface area contributed by atoms with Gasteiger partial charge in [-0.3, -0.25) is 4.98 Å². The predicted molar refractivity (Wildman–Crippen MR) is 53.7 cm³/mol. The van der Waals surface area contributed by atoms with Crippen LogP contribution in [0.2, 0.25) is 0 Å². The molecule has 3 heteroatoms. The van der Waals surface area contributed by atoms with Gasteiger partial charge in [0.1, 0.15) is 0 Å². The highest BCUT2D eigenvalue weighted by molar-refractivity contribution is 9.10. The number of rotatable bonds is 3. The van der Waals surface area contributed by atoms with Gasteiger partial charge in [0, 0.05) is 10.7 Å². The molecule has 0 unspecified atom stereocenters. The molecule has 1 aromatic heterocycles. The monoisotopic (exact) mass is 226 g/mol. The van der Waals surface area contributed by atoms with Gasteiger partial charge >= 0.3 is 0 Å². The van der Waals surface area contributed by atoms with Crippen LogP contribution in [0.15, 0.2) is 35.5 Å². The lowest BCUT2D eigenvalue weighted by molar-refractivity contribution is 0.713. The molecule has 0 fully saturated rings. The number of nitrogens with two attached hydrogens (primary N) is 1. The molecule has 0 radical (unpaired) electrons. The Morgan fingerprint density at radius 1 is 1.75 bits per heavy atom. The molecule has 2 N–H and O–H groups in total. The van der Waals surface area contributed by atoms with E-state index in [4.69, 9.17) is 5.73 Å². The van der Waals surface area contributed by atoms with Gasteiger partial charge in [0.2, 0.25) is 0 Å². The van der Waals surface area contributed by atoms with E-state index in [2.05, 4.69) is 27.5 Å². The van der Waals surface area contributed by atoms with Crippen LogP contribution in [0.1, 0.15) is 18.2 Å². The average Bonchev–Trinajstić information content (AvgIpc) is 2.05. The fraction of sp³-hybridized carbons (Fsp3) is 0.222. The summed E-state index contributed by atoms with van der Waals surface area (Å²) in [4.78, 5) is 4.16. The topological polar surface area (TPSA) is 38.9 Å². The van der Waals surface area contributed by atoms with Crippen molar-refractivity contribution < 1.29 is 0 Å². The Morgan fingerprint density at radius 2 is 2.50 bits per heavy atom. The molecule has 0 saturated heterocycles. The van der Waals surface area contributed by atoms with Crippen LogP contribution >= 0.6 is 15.9 Å². The summed E-state index contributed by atoms with van der Waals surface area (Å²) in [6.45, 7) is 3.63. The zero-order chi connectivity index (χ0) is 8.97. The van der Waals surface area contributed by atoms with Gasteiger partial charge in [-0.25, -0.2) is 0 Å². The summed E-state index contributed by atoms with van der Waals surface area (Å²) in [5.74, 6) is 0. The number of hydrogen-bond donors (Lipinski definition) is 1. The summed E-state index contributed by atoms with van der Waals surface area (Å²) in [5.41, 5.74) is 6.71. The SMILES string of the molecule is C=CC[C@@H](N)c1cc(Br)ccn1. The quantitative estimate of drug-likeness (QED) is 0.805. The number of nitrogens with zero attached hydrogens (tertiary/aromatic N) is 1. The zero-order valence-electron chi connectivity index (χ0n) is 6.70. The smallest absolute Gasteiger partial charge is 0.0585 e. The third-order valence-electron chi connectivity index (χ3n) is 1.54. The van der Waals surface area contributed by atoms with Crippen molar-refractivity contribution in [2.24, 2.45) is 5.73 Å². The number of halogens is 1. The molecule has 0 aliphatic rings. The highest BCUT2D eigenvalue weighted by Gasteiger charge is 2.04. The molecule has 1 rings (SSSR count). The third kappa shape index (κ3) is 2.43. The van der Waals surface area contributed by atoms with Gasteiger partial charge in [-0.1, -0.05) is 22.0 Å². The molecule has 0 aromatic carbocycles. The molecule has 64 valence electrons. The lowest BCUT2D eigenvalue weighted by Crippen LogP contribution is -2.10. The Balaban J connectivity index is 2.80. The first-order valence-electron chi connectivity index (χ1n) is 3.72. The van der Waals surface area contributed by atoms with E-state index in [1.807, 2.05) is 12.1 Å². The van der Waals surface area contributed by atoms with E-state index in [1.165, 1.54) is 0 Å². The van der Waals surface area contributed by atoms with E-state index in [9.17, 15) is 0 Å². The van der Waals surface area contributed by atoms with Gasteiger partial charge < -0.3 is 5.73 Å². The average molecular weight is 227 g/mol. The van der Waals surface area contributed by atoms with Crippen LogP contribution in [-0.2, 0) is 0 Å². The molecular weight excluding hydrogens is 216 g/mol. The van der Waals surface area contributed by atoms with Crippen molar-refractivity contribution in [3.8, 4) is 0 Å². The highest BCUT2D eigenvalue weighted by Crippen LogP contribution is 2.16. The lowest BCUT2D eigenvalue weighted by Gasteiger charge is -2.07. The van der Waals surface area contributed by atoms with Gasteiger partial charge in [-0.2, -0.15) is 0 Å². The fourth-order valence-corrected chi connectivity index (χ4v) is 1.28. The van der Waals surface area contributed by atoms with E-state index < -0.39 is 0 Å². The van der Waals surface area contributed by atoms with E-state index in [0.717, 1.165) is 16.6 Å². The molecule has 1 heterocycles. The van der Waals surface area contributed by atoms with Gasteiger partial charge in [0.25, 0.3) is 0 Å². The van der Waals surface area contributed by atoms with Crippen LogP contribution in [0.4, 0.5) is 0 Å². The Hall–Kier alpha value is -0.670. The first kappa shape index (κ1) is 9.42. The second kappa shape index (κ2) is 4.38. The van der Waals surface area contributed by atoms with Crippen LogP contribution in [0, 0.1) is 0 Å². The van der Waals surface area contributed by atoms with Crippen molar-refractivity contribution in [1.82, 2.24) is 4.98 Å². The summed E-state index contributed by atoms with van der Waals surface area (Å²) in [7, 11) is 0. The Morgan fingerprint density at radius 3 is 3.08 bits per heavy atom. The van der Waals surface area contributed by atoms with Crippen LogP contribution < -0.4 is 5.73 Å². The van der Waals surface area contributed by atoms with Gasteiger partial charge in [-0.05, 0) is 18.6 Å². The Kier molecular flexibility index (Phi) is 3.44. The molecule has 1 aromatic rings. The first-order chi connectivity index (χ1) is 5.74. The molecule has 0 aliphatic heterocycles. The fourth-order valence-electron chi connectivity index (χ4n) is 0.924. The third-order valence-corrected chi connectivity index (χ3v) is 2.04. The van der Waals surface area contributed by atoms with Crippen molar-refractivity contribution in [2.45, 2.75) is 12.5 Å². The molecule has 0 aliphatic carbocycles. The van der Waals surface area contributed by atoms with E-state index >= 15 is 0 Å². The maximum Gasteiger partial charge on any atom is 0.0585 e. The molecule has 0 spiro atoms. The van der Waals surface area contributed by atoms with Crippen LogP contribution in [0.5, 0.6) is 0 Å². The van der Waals surface area contributed by atoms with Crippen molar-refractivity contribution in [1.29, 1.82) is 0 Å². The van der Waals surface area contributed by atoms with Gasteiger partial charge in [-0.15, -0.1) is 6.58 Å². The van der Waals surface area contributed by atoms with Gasteiger partial charge in [0.15, 0.2) is 0 Å². The van der Waals surface area contributed by atoms with Crippen molar-refractivity contribution >= 4 is 15.9 Å². The van der Waals surface area contributed by atoms with Crippen LogP contribution in [0.3, 0.4) is 0 Å². The maximum atomic E-state index is 5.82. The maximum absolute atomic E-state index is 5.82. The summed E-state index contributed by atoms with van der Waals surface area (Å²) < 4.78 is 1.01. The van der Waals surface area contributed by atoms with Crippen LogP contribution in [-0.4, -0.2) is 4.98 Å². The molecule has 0 amide bonds. The van der Waals surface area contributed by atoms with Gasteiger partial charge in [0.05, 0.1) is 11.7 Å². The minimum absolute atomic E-state index is 0.0417. The summed E-state index contributed by atoms with van der Waals surface area (Å²) in [5, 5.41) is 0. The van der Waals surface area contributed by atoms with Crippen molar-refractivity contribution in [3.05, 3.63) is 41.2 Å². The van der Waals surface area contributed by atoms with Crippen molar-refractivity contribution in [3.63, 3.8) is 0 Å². The van der Waals surface area contributed by atoms with E-state index in [0.29, 0.717) is 0 Å². The van der Waals surface area contributed by atoms with E-state index in [-0.39, 0.29) is 6.04 Å². The Bertz CT molecular complexity index is 273. The molecular formula is C9H11BrN2.